The van der Waals surface area contributed by atoms with E-state index >= 15 is 0 Å². The Morgan fingerprint density at radius 2 is 2.05 bits per heavy atom. The van der Waals surface area contributed by atoms with Gasteiger partial charge in [-0.2, -0.15) is 0 Å². The van der Waals surface area contributed by atoms with Gasteiger partial charge >= 0.3 is 0 Å². The highest BCUT2D eigenvalue weighted by Gasteiger charge is 2.22. The van der Waals surface area contributed by atoms with Crippen LogP contribution in [0.25, 0.3) is 0 Å². The van der Waals surface area contributed by atoms with Gasteiger partial charge < -0.3 is 9.73 Å². The Morgan fingerprint density at radius 3 is 2.70 bits per heavy atom. The fourth-order valence-electron chi connectivity index (χ4n) is 2.22. The van der Waals surface area contributed by atoms with Crippen molar-refractivity contribution in [3.8, 4) is 0 Å². The third kappa shape index (κ3) is 3.25. The van der Waals surface area contributed by atoms with Crippen molar-refractivity contribution in [2.45, 2.75) is 32.7 Å². The lowest BCUT2D eigenvalue weighted by atomic mass is 9.98. The van der Waals surface area contributed by atoms with Crippen LogP contribution in [0.1, 0.15) is 36.3 Å². The highest BCUT2D eigenvalue weighted by molar-refractivity contribution is 5.30. The van der Waals surface area contributed by atoms with Crippen molar-refractivity contribution < 1.29 is 13.2 Å². The van der Waals surface area contributed by atoms with E-state index in [0.717, 1.165) is 6.42 Å². The van der Waals surface area contributed by atoms with E-state index in [1.54, 1.807) is 19.3 Å². The molecule has 1 atom stereocenters. The molecule has 0 aliphatic rings. The average Bonchev–Trinajstić information content (AvgIpc) is 2.93. The average molecular weight is 279 g/mol. The normalized spacial score (nSPS) is 12.6. The van der Waals surface area contributed by atoms with Gasteiger partial charge in [0.25, 0.3) is 0 Å². The van der Waals surface area contributed by atoms with Gasteiger partial charge in [0, 0.05) is 18.0 Å². The standard InChI is InChI=1S/C16H19F2NO/c1-3-8-19-14(10-12-5-4-9-20-12)15-13(17)7-6-11(2)16(15)18/h4-7,9,14,19H,3,8,10H2,1-2H3. The maximum Gasteiger partial charge on any atom is 0.133 e. The zero-order chi connectivity index (χ0) is 14.5. The summed E-state index contributed by atoms with van der Waals surface area (Å²) >= 11 is 0. The number of hydrogen-bond donors (Lipinski definition) is 1. The molecule has 2 rings (SSSR count). The number of rotatable bonds is 6. The van der Waals surface area contributed by atoms with Gasteiger partial charge in [-0.25, -0.2) is 8.78 Å². The third-order valence-electron chi connectivity index (χ3n) is 3.29. The van der Waals surface area contributed by atoms with Gasteiger partial charge in [0.15, 0.2) is 0 Å². The lowest BCUT2D eigenvalue weighted by Crippen LogP contribution is -2.26. The van der Waals surface area contributed by atoms with Crippen molar-refractivity contribution in [2.24, 2.45) is 0 Å². The largest absolute Gasteiger partial charge is 0.469 e. The van der Waals surface area contributed by atoms with Crippen molar-refractivity contribution in [3.63, 3.8) is 0 Å². The van der Waals surface area contributed by atoms with Crippen LogP contribution in [-0.2, 0) is 6.42 Å². The van der Waals surface area contributed by atoms with Crippen LogP contribution in [0.15, 0.2) is 34.9 Å². The van der Waals surface area contributed by atoms with Crippen LogP contribution >= 0.6 is 0 Å². The predicted octanol–water partition coefficient (Wildman–Crippen LogP) is 4.15. The second kappa shape index (κ2) is 6.66. The summed E-state index contributed by atoms with van der Waals surface area (Å²) in [5.41, 5.74) is 0.541. The number of benzene rings is 1. The predicted molar refractivity (Wildman–Crippen MR) is 74.5 cm³/mol. The highest BCUT2D eigenvalue weighted by Crippen LogP contribution is 2.26. The van der Waals surface area contributed by atoms with Gasteiger partial charge in [-0.1, -0.05) is 13.0 Å². The summed E-state index contributed by atoms with van der Waals surface area (Å²) < 4.78 is 33.6. The molecule has 2 aromatic rings. The molecule has 0 radical (unpaired) electrons. The van der Waals surface area contributed by atoms with E-state index in [1.807, 2.05) is 13.0 Å². The molecule has 1 aromatic carbocycles. The fourth-order valence-corrected chi connectivity index (χ4v) is 2.22. The number of furan rings is 1. The maximum atomic E-state index is 14.3. The molecule has 0 saturated carbocycles. The van der Waals surface area contributed by atoms with Crippen molar-refractivity contribution in [1.29, 1.82) is 0 Å². The molecule has 0 amide bonds. The topological polar surface area (TPSA) is 25.2 Å². The Balaban J connectivity index is 2.33. The van der Waals surface area contributed by atoms with Crippen LogP contribution in [0.3, 0.4) is 0 Å². The monoisotopic (exact) mass is 279 g/mol. The Bertz CT molecular complexity index is 552. The number of aryl methyl sites for hydroxylation is 1. The second-order valence-corrected chi connectivity index (χ2v) is 4.88. The molecule has 1 aromatic heterocycles. The van der Waals surface area contributed by atoms with Crippen LogP contribution in [0.5, 0.6) is 0 Å². The lowest BCUT2D eigenvalue weighted by molar-refractivity contribution is 0.422. The van der Waals surface area contributed by atoms with E-state index in [4.69, 9.17) is 4.42 Å². The van der Waals surface area contributed by atoms with Crippen LogP contribution in [0.4, 0.5) is 8.78 Å². The van der Waals surface area contributed by atoms with Gasteiger partial charge in [0.1, 0.15) is 17.4 Å². The summed E-state index contributed by atoms with van der Waals surface area (Å²) in [6.07, 6.45) is 2.88. The number of hydrogen-bond acceptors (Lipinski definition) is 2. The summed E-state index contributed by atoms with van der Waals surface area (Å²) in [5, 5.41) is 3.19. The molecule has 0 fully saturated rings. The molecule has 4 heteroatoms. The van der Waals surface area contributed by atoms with Gasteiger partial charge in [-0.05, 0) is 43.7 Å². The SMILES string of the molecule is CCCNC(Cc1ccco1)c1c(F)ccc(C)c1F. The molecule has 20 heavy (non-hydrogen) atoms. The molecular weight excluding hydrogens is 260 g/mol. The van der Waals surface area contributed by atoms with Crippen molar-refractivity contribution in [3.05, 3.63) is 59.1 Å². The van der Waals surface area contributed by atoms with Crippen molar-refractivity contribution in [2.75, 3.05) is 6.54 Å². The Morgan fingerprint density at radius 1 is 1.25 bits per heavy atom. The van der Waals surface area contributed by atoms with E-state index in [2.05, 4.69) is 5.32 Å². The Kier molecular flexibility index (Phi) is 4.90. The summed E-state index contributed by atoms with van der Waals surface area (Å²) in [7, 11) is 0. The quantitative estimate of drug-likeness (QED) is 0.859. The van der Waals surface area contributed by atoms with Crippen LogP contribution in [-0.4, -0.2) is 6.54 Å². The van der Waals surface area contributed by atoms with Crippen LogP contribution in [0, 0.1) is 18.6 Å². The molecule has 2 nitrogen and oxygen atoms in total. The first-order valence-corrected chi connectivity index (χ1v) is 6.83. The molecule has 1 heterocycles. The van der Waals surface area contributed by atoms with E-state index in [0.29, 0.717) is 24.3 Å². The van der Waals surface area contributed by atoms with E-state index in [9.17, 15) is 8.78 Å². The molecule has 0 aliphatic heterocycles. The summed E-state index contributed by atoms with van der Waals surface area (Å²) in [5.74, 6) is -0.294. The second-order valence-electron chi connectivity index (χ2n) is 4.88. The fraction of sp³-hybridized carbons (Fsp3) is 0.375. The maximum absolute atomic E-state index is 14.3. The molecule has 0 bridgehead atoms. The zero-order valence-corrected chi connectivity index (χ0v) is 11.7. The first kappa shape index (κ1) is 14.7. The van der Waals surface area contributed by atoms with Gasteiger partial charge in [-0.15, -0.1) is 0 Å². The minimum absolute atomic E-state index is 0.0925. The van der Waals surface area contributed by atoms with Crippen molar-refractivity contribution in [1.82, 2.24) is 5.32 Å². The molecule has 1 N–H and O–H groups in total. The molecule has 0 aliphatic carbocycles. The van der Waals surface area contributed by atoms with Crippen LogP contribution in [0.2, 0.25) is 0 Å². The van der Waals surface area contributed by atoms with E-state index in [1.165, 1.54) is 12.1 Å². The Hall–Kier alpha value is -1.68. The number of halogens is 2. The zero-order valence-electron chi connectivity index (χ0n) is 11.7. The Labute approximate surface area is 117 Å². The van der Waals surface area contributed by atoms with E-state index in [-0.39, 0.29) is 5.56 Å². The molecule has 0 spiro atoms. The third-order valence-corrected chi connectivity index (χ3v) is 3.29. The molecular formula is C16H19F2NO. The highest BCUT2D eigenvalue weighted by atomic mass is 19.1. The van der Waals surface area contributed by atoms with Gasteiger partial charge in [-0.3, -0.25) is 0 Å². The molecule has 1 unspecified atom stereocenters. The lowest BCUT2D eigenvalue weighted by Gasteiger charge is -2.20. The van der Waals surface area contributed by atoms with E-state index < -0.39 is 17.7 Å². The summed E-state index contributed by atoms with van der Waals surface area (Å²) in [6, 6.07) is 5.93. The minimum atomic E-state index is -0.520. The van der Waals surface area contributed by atoms with Crippen LogP contribution < -0.4 is 5.32 Å². The molecule has 108 valence electrons. The minimum Gasteiger partial charge on any atom is -0.469 e. The number of nitrogens with one attached hydrogen (secondary N) is 1. The van der Waals surface area contributed by atoms with Gasteiger partial charge in [0.2, 0.25) is 0 Å². The smallest absolute Gasteiger partial charge is 0.133 e. The first-order chi connectivity index (χ1) is 9.63. The molecule has 0 saturated heterocycles. The summed E-state index contributed by atoms with van der Waals surface area (Å²) in [6.45, 7) is 4.35. The van der Waals surface area contributed by atoms with Crippen molar-refractivity contribution >= 4 is 0 Å². The summed E-state index contributed by atoms with van der Waals surface area (Å²) in [4.78, 5) is 0. The van der Waals surface area contributed by atoms with Gasteiger partial charge in [0.05, 0.1) is 6.26 Å². The first-order valence-electron chi connectivity index (χ1n) is 6.83.